The molecule has 0 fully saturated rings. The average Bonchev–Trinajstić information content (AvgIpc) is 3.12. The highest BCUT2D eigenvalue weighted by molar-refractivity contribution is 6.03. The van der Waals surface area contributed by atoms with Crippen molar-refractivity contribution in [3.63, 3.8) is 0 Å². The molecule has 6 heteroatoms. The zero-order chi connectivity index (χ0) is 31.7. The molecule has 0 amide bonds. The number of hydrogen-bond donors (Lipinski definition) is 2. The fraction of sp³-hybridized carbons (Fsp3) is 0.0750. The molecule has 1 aliphatic heterocycles. The van der Waals surface area contributed by atoms with Gasteiger partial charge in [0.2, 0.25) is 0 Å². The maximum absolute atomic E-state index is 6.17. The van der Waals surface area contributed by atoms with Crippen molar-refractivity contribution in [3.8, 4) is 22.3 Å². The van der Waals surface area contributed by atoms with Gasteiger partial charge in [0, 0.05) is 24.4 Å². The Morgan fingerprint density at radius 3 is 1.83 bits per heavy atom. The van der Waals surface area contributed by atoms with Gasteiger partial charge in [-0.2, -0.15) is 0 Å². The molecule has 0 aromatic heterocycles. The van der Waals surface area contributed by atoms with E-state index in [1.54, 1.807) is 12.3 Å². The first-order chi connectivity index (χ1) is 22.6. The Morgan fingerprint density at radius 2 is 1.22 bits per heavy atom. The van der Waals surface area contributed by atoms with Gasteiger partial charge in [-0.25, -0.2) is 9.98 Å². The molecule has 1 atom stereocenters. The van der Waals surface area contributed by atoms with E-state index < -0.39 is 0 Å². The number of nitrogens with zero attached hydrogens (tertiary/aromatic N) is 4. The van der Waals surface area contributed by atoms with Gasteiger partial charge in [0.05, 0.1) is 11.7 Å². The van der Waals surface area contributed by atoms with E-state index in [1.165, 1.54) is 22.9 Å². The monoisotopic (exact) mass is 600 g/mol. The van der Waals surface area contributed by atoms with Crippen molar-refractivity contribution in [1.82, 2.24) is 4.90 Å². The van der Waals surface area contributed by atoms with Gasteiger partial charge in [0.1, 0.15) is 18.3 Å². The Hall–Kier alpha value is -6.01. The van der Waals surface area contributed by atoms with Gasteiger partial charge >= 0.3 is 0 Å². The van der Waals surface area contributed by atoms with Crippen molar-refractivity contribution in [2.45, 2.75) is 6.04 Å². The number of allylic oxidation sites excluding steroid dienone is 1. The predicted octanol–water partition coefficient (Wildman–Crippen LogP) is 7.70. The van der Waals surface area contributed by atoms with Gasteiger partial charge in [-0.15, -0.1) is 0 Å². The highest BCUT2D eigenvalue weighted by atomic mass is 15.2. The van der Waals surface area contributed by atoms with Crippen molar-refractivity contribution in [2.24, 2.45) is 26.4 Å². The molecule has 5 aromatic carbocycles. The molecular weight excluding hydrogens is 564 g/mol. The summed E-state index contributed by atoms with van der Waals surface area (Å²) in [5.74, 6) is 1.39. The van der Waals surface area contributed by atoms with E-state index in [1.807, 2.05) is 24.3 Å². The summed E-state index contributed by atoms with van der Waals surface area (Å²) in [7, 11) is 2.11. The Kier molecular flexibility index (Phi) is 9.26. The molecule has 6 nitrogen and oxygen atoms in total. The first-order valence-corrected chi connectivity index (χ1v) is 15.2. The van der Waals surface area contributed by atoms with Crippen molar-refractivity contribution in [2.75, 3.05) is 13.7 Å². The second-order valence-corrected chi connectivity index (χ2v) is 11.0. The smallest absolute Gasteiger partial charge is 0.137 e. The zero-order valence-electron chi connectivity index (χ0n) is 25.7. The van der Waals surface area contributed by atoms with Crippen LogP contribution in [0, 0.1) is 0 Å². The number of rotatable bonds is 9. The average molecular weight is 601 g/mol. The van der Waals surface area contributed by atoms with E-state index >= 15 is 0 Å². The third kappa shape index (κ3) is 6.87. The van der Waals surface area contributed by atoms with Crippen LogP contribution >= 0.6 is 0 Å². The molecule has 0 saturated heterocycles. The van der Waals surface area contributed by atoms with Crippen LogP contribution in [0.3, 0.4) is 0 Å². The molecule has 0 spiro atoms. The fourth-order valence-electron chi connectivity index (χ4n) is 5.50. The van der Waals surface area contributed by atoms with Gasteiger partial charge in [0.15, 0.2) is 0 Å². The molecule has 46 heavy (non-hydrogen) atoms. The van der Waals surface area contributed by atoms with E-state index in [4.69, 9.17) is 16.5 Å². The van der Waals surface area contributed by atoms with Gasteiger partial charge in [-0.05, 0) is 51.7 Å². The lowest BCUT2D eigenvalue weighted by Gasteiger charge is -2.33. The Labute approximate surface area is 270 Å². The second kappa shape index (κ2) is 14.2. The molecule has 1 aliphatic rings. The Morgan fingerprint density at radius 1 is 0.696 bits per heavy atom. The lowest BCUT2D eigenvalue weighted by Crippen LogP contribution is -2.33. The quantitative estimate of drug-likeness (QED) is 0.134. The fourth-order valence-corrected chi connectivity index (χ4v) is 5.50. The number of benzene rings is 5. The second-order valence-electron chi connectivity index (χ2n) is 11.0. The first-order valence-electron chi connectivity index (χ1n) is 15.2. The topological polar surface area (TPSA) is 92.4 Å². The van der Waals surface area contributed by atoms with Crippen LogP contribution < -0.4 is 11.5 Å². The van der Waals surface area contributed by atoms with Crippen LogP contribution in [0.25, 0.3) is 28.0 Å². The third-order valence-electron chi connectivity index (χ3n) is 8.00. The minimum absolute atomic E-state index is 0.00643. The number of likely N-dealkylation sites (N-methyl/N-ethyl adjacent to an activating group) is 1. The van der Waals surface area contributed by atoms with Crippen LogP contribution in [-0.2, 0) is 0 Å². The van der Waals surface area contributed by atoms with E-state index in [2.05, 4.69) is 137 Å². The SMILES string of the molecule is CN1C(c2ccccc2)=NC(c2ccc(-c3ccccc3)cc2)=CC1c1ccc(-c2ccc(C(N)=NCN=CC=CN)cc2)cc1. The van der Waals surface area contributed by atoms with Crippen molar-refractivity contribution < 1.29 is 0 Å². The molecule has 0 saturated carbocycles. The standard InChI is InChI=1S/C40H36N6/c1-46-38(34-21-15-31(16-22-34)32-17-23-35(24-18-32)39(42)44-28-43-26-8-25-41)27-37(45-40(46)36-11-6-3-7-12-36)33-19-13-30(14-20-33)29-9-4-2-5-10-29/h2-27,38H,28,41H2,1H3,(H2,42,44). The van der Waals surface area contributed by atoms with Crippen molar-refractivity contribution >= 4 is 23.6 Å². The van der Waals surface area contributed by atoms with E-state index in [-0.39, 0.29) is 12.7 Å². The Bertz CT molecular complexity index is 1900. The summed E-state index contributed by atoms with van der Waals surface area (Å²) in [5.41, 5.74) is 21.3. The minimum Gasteiger partial charge on any atom is -0.405 e. The van der Waals surface area contributed by atoms with Crippen molar-refractivity contribution in [1.29, 1.82) is 0 Å². The molecule has 6 rings (SSSR count). The molecular formula is C40H36N6. The molecule has 226 valence electrons. The molecule has 1 heterocycles. The predicted molar refractivity (Wildman–Crippen MR) is 193 cm³/mol. The summed E-state index contributed by atoms with van der Waals surface area (Å²) in [5, 5.41) is 0. The highest BCUT2D eigenvalue weighted by Crippen LogP contribution is 2.34. The van der Waals surface area contributed by atoms with Gasteiger partial charge in [0.25, 0.3) is 0 Å². The molecule has 0 bridgehead atoms. The van der Waals surface area contributed by atoms with Crippen LogP contribution in [0.1, 0.15) is 28.3 Å². The van der Waals surface area contributed by atoms with Gasteiger partial charge in [-0.1, -0.05) is 133 Å². The molecule has 4 N–H and O–H groups in total. The summed E-state index contributed by atoms with van der Waals surface area (Å²) < 4.78 is 0. The van der Waals surface area contributed by atoms with Crippen LogP contribution in [-0.4, -0.2) is 36.5 Å². The van der Waals surface area contributed by atoms with Crippen LogP contribution in [0.4, 0.5) is 0 Å². The molecule has 0 radical (unpaired) electrons. The number of hydrogen-bond acceptors (Lipinski definition) is 5. The van der Waals surface area contributed by atoms with Crippen LogP contribution in [0.2, 0.25) is 0 Å². The largest absolute Gasteiger partial charge is 0.405 e. The Balaban J connectivity index is 1.26. The maximum Gasteiger partial charge on any atom is 0.137 e. The van der Waals surface area contributed by atoms with Crippen molar-refractivity contribution in [3.05, 3.63) is 174 Å². The number of amidine groups is 2. The molecule has 5 aromatic rings. The normalized spacial score (nSPS) is 15.3. The maximum atomic E-state index is 6.17. The minimum atomic E-state index is 0.00643. The summed E-state index contributed by atoms with van der Waals surface area (Å²) in [6, 6.07) is 46.4. The number of aliphatic imine (C=N–C) groups is 3. The van der Waals surface area contributed by atoms with E-state index in [9.17, 15) is 0 Å². The van der Waals surface area contributed by atoms with Crippen LogP contribution in [0.15, 0.2) is 167 Å². The van der Waals surface area contributed by atoms with E-state index in [0.29, 0.717) is 5.84 Å². The lowest BCUT2D eigenvalue weighted by molar-refractivity contribution is 0.435. The highest BCUT2D eigenvalue weighted by Gasteiger charge is 2.25. The summed E-state index contributed by atoms with van der Waals surface area (Å²) in [6.07, 6.45) is 6.93. The number of nitrogens with two attached hydrogens (primary N) is 2. The van der Waals surface area contributed by atoms with Gasteiger partial charge < -0.3 is 16.4 Å². The van der Waals surface area contributed by atoms with Crippen LogP contribution in [0.5, 0.6) is 0 Å². The molecule has 0 aliphatic carbocycles. The summed E-state index contributed by atoms with van der Waals surface area (Å²) in [6.45, 7) is 0.251. The first kappa shape index (κ1) is 30.0. The zero-order valence-corrected chi connectivity index (χ0v) is 25.7. The van der Waals surface area contributed by atoms with Gasteiger partial charge in [-0.3, -0.25) is 4.99 Å². The summed E-state index contributed by atoms with van der Waals surface area (Å²) >= 11 is 0. The summed E-state index contributed by atoms with van der Waals surface area (Å²) in [4.78, 5) is 15.9. The van der Waals surface area contributed by atoms with E-state index in [0.717, 1.165) is 39.3 Å². The third-order valence-corrected chi connectivity index (χ3v) is 8.00. The lowest BCUT2D eigenvalue weighted by atomic mass is 9.95. The molecule has 1 unspecified atom stereocenters.